The third-order valence-corrected chi connectivity index (χ3v) is 5.88. The van der Waals surface area contributed by atoms with E-state index in [2.05, 4.69) is 20.3 Å². The molecule has 10 heteroatoms. The molecule has 1 aromatic rings. The van der Waals surface area contributed by atoms with Gasteiger partial charge >= 0.3 is 0 Å². The molecule has 0 amide bonds. The van der Waals surface area contributed by atoms with Crippen molar-refractivity contribution in [1.82, 2.24) is 15.4 Å². The summed E-state index contributed by atoms with van der Waals surface area (Å²) in [5.41, 5.74) is 0.811. The van der Waals surface area contributed by atoms with Gasteiger partial charge in [-0.1, -0.05) is 12.1 Å². The lowest BCUT2D eigenvalue weighted by Gasteiger charge is -2.13. The number of aliphatic imine (C=N–C) groups is 1. The predicted molar refractivity (Wildman–Crippen MR) is 116 cm³/mol. The Bertz CT molecular complexity index is 751. The topological polar surface area (TPSA) is 110 Å². The van der Waals surface area contributed by atoms with Crippen LogP contribution in [0.1, 0.15) is 25.3 Å². The number of guanidine groups is 1. The zero-order chi connectivity index (χ0) is 21.7. The van der Waals surface area contributed by atoms with E-state index in [1.165, 1.54) is 7.11 Å². The Morgan fingerprint density at radius 2 is 2.13 bits per heavy atom. The molecule has 1 aromatic carbocycles. The monoisotopic (exact) mass is 442 g/mol. The SMILES string of the molecule is CCNC(=NCc1cccc(S(=O)(=O)NCCOC)c1)NCCCOC1CCOC1. The fraction of sp³-hybridized carbons (Fsp3) is 0.650. The Labute approximate surface area is 179 Å². The molecule has 0 bridgehead atoms. The molecule has 3 N–H and O–H groups in total. The summed E-state index contributed by atoms with van der Waals surface area (Å²) in [6.07, 6.45) is 2.05. The smallest absolute Gasteiger partial charge is 0.240 e. The average Bonchev–Trinajstić information content (AvgIpc) is 3.25. The van der Waals surface area contributed by atoms with Crippen LogP contribution in [0.4, 0.5) is 0 Å². The number of ether oxygens (including phenoxy) is 3. The Kier molecular flexibility index (Phi) is 11.1. The summed E-state index contributed by atoms with van der Waals surface area (Å²) in [5, 5.41) is 6.48. The van der Waals surface area contributed by atoms with Crippen molar-refractivity contribution in [3.63, 3.8) is 0 Å². The van der Waals surface area contributed by atoms with Crippen molar-refractivity contribution >= 4 is 16.0 Å². The van der Waals surface area contributed by atoms with Crippen molar-refractivity contribution in [2.24, 2.45) is 4.99 Å². The van der Waals surface area contributed by atoms with Crippen LogP contribution in [0.25, 0.3) is 0 Å². The first-order valence-electron chi connectivity index (χ1n) is 10.3. The van der Waals surface area contributed by atoms with Crippen LogP contribution in [-0.4, -0.2) is 73.7 Å². The van der Waals surface area contributed by atoms with Crippen molar-refractivity contribution < 1.29 is 22.6 Å². The molecule has 1 unspecified atom stereocenters. The number of sulfonamides is 1. The normalized spacial score (nSPS) is 17.3. The van der Waals surface area contributed by atoms with Gasteiger partial charge in [-0.15, -0.1) is 0 Å². The summed E-state index contributed by atoms with van der Waals surface area (Å²) in [6.45, 7) is 6.53. The van der Waals surface area contributed by atoms with Crippen LogP contribution in [0.2, 0.25) is 0 Å². The summed E-state index contributed by atoms with van der Waals surface area (Å²) in [6, 6.07) is 6.79. The molecule has 1 saturated heterocycles. The largest absolute Gasteiger partial charge is 0.383 e. The van der Waals surface area contributed by atoms with E-state index in [0.717, 1.165) is 38.1 Å². The highest BCUT2D eigenvalue weighted by atomic mass is 32.2. The number of hydrogen-bond acceptors (Lipinski definition) is 6. The Balaban J connectivity index is 1.84. The van der Waals surface area contributed by atoms with Crippen LogP contribution < -0.4 is 15.4 Å². The second-order valence-corrected chi connectivity index (χ2v) is 8.64. The molecule has 2 rings (SSSR count). The van der Waals surface area contributed by atoms with E-state index < -0.39 is 10.0 Å². The van der Waals surface area contributed by atoms with Crippen LogP contribution in [-0.2, 0) is 30.8 Å². The molecular weight excluding hydrogens is 408 g/mol. The minimum absolute atomic E-state index is 0.220. The molecule has 1 heterocycles. The van der Waals surface area contributed by atoms with Crippen molar-refractivity contribution in [2.75, 3.05) is 53.2 Å². The molecule has 0 spiro atoms. The van der Waals surface area contributed by atoms with E-state index in [1.807, 2.05) is 13.0 Å². The number of benzene rings is 1. The van der Waals surface area contributed by atoms with Gasteiger partial charge in [-0.05, 0) is 37.5 Å². The molecule has 0 aromatic heterocycles. The fourth-order valence-corrected chi connectivity index (χ4v) is 3.94. The molecule has 9 nitrogen and oxygen atoms in total. The van der Waals surface area contributed by atoms with E-state index in [1.54, 1.807) is 18.2 Å². The Morgan fingerprint density at radius 1 is 1.27 bits per heavy atom. The van der Waals surface area contributed by atoms with Crippen molar-refractivity contribution in [3.8, 4) is 0 Å². The molecule has 170 valence electrons. The summed E-state index contributed by atoms with van der Waals surface area (Å²) in [7, 11) is -2.04. The Morgan fingerprint density at radius 3 is 2.87 bits per heavy atom. The second kappa shape index (κ2) is 13.6. The van der Waals surface area contributed by atoms with Crippen LogP contribution >= 0.6 is 0 Å². The van der Waals surface area contributed by atoms with Crippen LogP contribution in [0.3, 0.4) is 0 Å². The molecule has 1 aliphatic rings. The highest BCUT2D eigenvalue weighted by Gasteiger charge is 2.15. The number of hydrogen-bond donors (Lipinski definition) is 3. The van der Waals surface area contributed by atoms with Crippen molar-refractivity contribution in [3.05, 3.63) is 29.8 Å². The quantitative estimate of drug-likeness (QED) is 0.236. The third kappa shape index (κ3) is 8.97. The standard InChI is InChI=1S/C20H34N4O5S/c1-3-21-20(22-9-5-11-29-18-8-12-28-16-18)23-15-17-6-4-7-19(14-17)30(25,26)24-10-13-27-2/h4,6-7,14,18,24H,3,5,8-13,15-16H2,1-2H3,(H2,21,22,23). The van der Waals surface area contributed by atoms with E-state index in [0.29, 0.717) is 32.3 Å². The first kappa shape index (κ1) is 24.5. The van der Waals surface area contributed by atoms with Gasteiger partial charge in [0.15, 0.2) is 5.96 Å². The summed E-state index contributed by atoms with van der Waals surface area (Å²) < 4.78 is 43.2. The summed E-state index contributed by atoms with van der Waals surface area (Å²) in [5.74, 6) is 0.688. The van der Waals surface area contributed by atoms with Gasteiger partial charge in [-0.25, -0.2) is 18.1 Å². The molecule has 1 fully saturated rings. The van der Waals surface area contributed by atoms with Gasteiger partial charge in [0.2, 0.25) is 10.0 Å². The van der Waals surface area contributed by atoms with Crippen molar-refractivity contribution in [1.29, 1.82) is 0 Å². The molecular formula is C20H34N4O5S. The van der Waals surface area contributed by atoms with E-state index in [-0.39, 0.29) is 17.5 Å². The van der Waals surface area contributed by atoms with Gasteiger partial charge in [0.25, 0.3) is 0 Å². The maximum atomic E-state index is 12.4. The van der Waals surface area contributed by atoms with Crippen LogP contribution in [0.5, 0.6) is 0 Å². The highest BCUT2D eigenvalue weighted by Crippen LogP contribution is 2.12. The first-order valence-corrected chi connectivity index (χ1v) is 11.8. The predicted octanol–water partition coefficient (Wildman–Crippen LogP) is 0.862. The minimum Gasteiger partial charge on any atom is -0.383 e. The Hall–Kier alpha value is -1.72. The molecule has 30 heavy (non-hydrogen) atoms. The van der Waals surface area contributed by atoms with Gasteiger partial charge in [-0.3, -0.25) is 0 Å². The molecule has 0 radical (unpaired) electrons. The minimum atomic E-state index is -3.56. The van der Waals surface area contributed by atoms with Crippen LogP contribution in [0.15, 0.2) is 34.2 Å². The average molecular weight is 443 g/mol. The molecule has 0 saturated carbocycles. The van der Waals surface area contributed by atoms with Crippen LogP contribution in [0, 0.1) is 0 Å². The maximum absolute atomic E-state index is 12.4. The molecule has 1 atom stereocenters. The zero-order valence-corrected chi connectivity index (χ0v) is 18.7. The number of nitrogens with one attached hydrogen (secondary N) is 3. The zero-order valence-electron chi connectivity index (χ0n) is 17.9. The molecule has 0 aliphatic carbocycles. The fourth-order valence-electron chi connectivity index (χ4n) is 2.86. The lowest BCUT2D eigenvalue weighted by atomic mass is 10.2. The van der Waals surface area contributed by atoms with E-state index >= 15 is 0 Å². The lowest BCUT2D eigenvalue weighted by molar-refractivity contribution is 0.0420. The lowest BCUT2D eigenvalue weighted by Crippen LogP contribution is -2.38. The van der Waals surface area contributed by atoms with E-state index in [4.69, 9.17) is 14.2 Å². The number of rotatable bonds is 13. The van der Waals surface area contributed by atoms with Gasteiger partial charge < -0.3 is 24.8 Å². The van der Waals surface area contributed by atoms with Crippen molar-refractivity contribution in [2.45, 2.75) is 37.3 Å². The highest BCUT2D eigenvalue weighted by molar-refractivity contribution is 7.89. The first-order chi connectivity index (χ1) is 14.5. The number of nitrogens with zero attached hydrogens (tertiary/aromatic N) is 1. The summed E-state index contributed by atoms with van der Waals surface area (Å²) in [4.78, 5) is 4.78. The third-order valence-electron chi connectivity index (χ3n) is 4.43. The van der Waals surface area contributed by atoms with Gasteiger partial charge in [-0.2, -0.15) is 0 Å². The van der Waals surface area contributed by atoms with Gasteiger partial charge in [0.1, 0.15) is 0 Å². The van der Waals surface area contributed by atoms with Gasteiger partial charge in [0, 0.05) is 40.0 Å². The maximum Gasteiger partial charge on any atom is 0.240 e. The molecule has 1 aliphatic heterocycles. The summed E-state index contributed by atoms with van der Waals surface area (Å²) >= 11 is 0. The second-order valence-electron chi connectivity index (χ2n) is 6.87. The van der Waals surface area contributed by atoms with E-state index in [9.17, 15) is 8.42 Å². The van der Waals surface area contributed by atoms with Gasteiger partial charge in [0.05, 0.1) is 30.8 Å². The number of methoxy groups -OCH3 is 1.